The third-order valence-electron chi connectivity index (χ3n) is 2.38. The first-order valence-electron chi connectivity index (χ1n) is 4.98. The zero-order valence-electron chi connectivity index (χ0n) is 9.10. The lowest BCUT2D eigenvalue weighted by molar-refractivity contribution is 0.0694. The molecule has 0 aliphatic rings. The molecule has 86 valence electrons. The highest BCUT2D eigenvalue weighted by Gasteiger charge is 2.11. The summed E-state index contributed by atoms with van der Waals surface area (Å²) in [6.07, 6.45) is 0. The number of hydrogen-bond acceptors (Lipinski definition) is 3. The lowest BCUT2D eigenvalue weighted by atomic mass is 10.1. The van der Waals surface area contributed by atoms with Gasteiger partial charge in [-0.25, -0.2) is 9.89 Å². The van der Waals surface area contributed by atoms with E-state index in [-0.39, 0.29) is 5.56 Å². The second-order valence-corrected chi connectivity index (χ2v) is 3.67. The number of carbonyl (C=O) groups is 1. The SMILES string of the molecule is Cc1ccc(-c2cc(C(=O)O)c(=O)[nH]n2)cc1. The lowest BCUT2D eigenvalue weighted by Gasteiger charge is -2.01. The molecule has 0 saturated heterocycles. The van der Waals surface area contributed by atoms with Gasteiger partial charge in [0.1, 0.15) is 5.56 Å². The minimum Gasteiger partial charge on any atom is -0.477 e. The third kappa shape index (κ3) is 2.23. The summed E-state index contributed by atoms with van der Waals surface area (Å²) in [5.41, 5.74) is 1.27. The Kier molecular flexibility index (Phi) is 2.74. The average Bonchev–Trinajstić information content (AvgIpc) is 2.30. The highest BCUT2D eigenvalue weighted by atomic mass is 16.4. The smallest absolute Gasteiger partial charge is 0.341 e. The lowest BCUT2D eigenvalue weighted by Crippen LogP contribution is -2.18. The number of carboxylic acid groups (broad SMARTS) is 1. The van der Waals surface area contributed by atoms with Crippen molar-refractivity contribution in [1.29, 1.82) is 0 Å². The van der Waals surface area contributed by atoms with Crippen LogP contribution in [-0.4, -0.2) is 21.3 Å². The number of aromatic amines is 1. The standard InChI is InChI=1S/C12H10N2O3/c1-7-2-4-8(5-3-7)10-6-9(12(16)17)11(15)14-13-10/h2-6H,1H3,(H,14,15)(H,16,17). The number of aromatic carboxylic acids is 1. The maximum absolute atomic E-state index is 11.2. The number of H-pyrrole nitrogens is 1. The number of nitrogens with zero attached hydrogens (tertiary/aromatic N) is 1. The first-order valence-corrected chi connectivity index (χ1v) is 4.98. The molecule has 0 unspecified atom stereocenters. The Balaban J connectivity index is 2.53. The highest BCUT2D eigenvalue weighted by molar-refractivity contribution is 5.88. The van der Waals surface area contributed by atoms with Gasteiger partial charge in [0.2, 0.25) is 0 Å². The van der Waals surface area contributed by atoms with Gasteiger partial charge in [0.05, 0.1) is 5.69 Å². The van der Waals surface area contributed by atoms with Crippen molar-refractivity contribution >= 4 is 5.97 Å². The highest BCUT2D eigenvalue weighted by Crippen LogP contribution is 2.16. The summed E-state index contributed by atoms with van der Waals surface area (Å²) in [6, 6.07) is 8.69. The molecule has 5 heteroatoms. The van der Waals surface area contributed by atoms with Crippen molar-refractivity contribution in [3.8, 4) is 11.3 Å². The van der Waals surface area contributed by atoms with Crippen molar-refractivity contribution in [2.24, 2.45) is 0 Å². The first-order chi connectivity index (χ1) is 8.08. The number of rotatable bonds is 2. The van der Waals surface area contributed by atoms with E-state index in [0.29, 0.717) is 5.69 Å². The molecule has 2 N–H and O–H groups in total. The fourth-order valence-electron chi connectivity index (χ4n) is 1.44. The van der Waals surface area contributed by atoms with Gasteiger partial charge in [-0.3, -0.25) is 4.79 Å². The van der Waals surface area contributed by atoms with Crippen LogP contribution in [-0.2, 0) is 0 Å². The van der Waals surface area contributed by atoms with Crippen LogP contribution in [0.3, 0.4) is 0 Å². The number of benzene rings is 1. The summed E-state index contributed by atoms with van der Waals surface area (Å²) in [7, 11) is 0. The van der Waals surface area contributed by atoms with Crippen molar-refractivity contribution in [2.75, 3.05) is 0 Å². The first kappa shape index (κ1) is 11.1. The molecular formula is C12H10N2O3. The van der Waals surface area contributed by atoms with E-state index < -0.39 is 11.5 Å². The molecule has 5 nitrogen and oxygen atoms in total. The van der Waals surface area contributed by atoms with Gasteiger partial charge in [0.15, 0.2) is 0 Å². The fourth-order valence-corrected chi connectivity index (χ4v) is 1.44. The quantitative estimate of drug-likeness (QED) is 0.817. The Bertz CT molecular complexity index is 614. The van der Waals surface area contributed by atoms with Crippen LogP contribution in [0.4, 0.5) is 0 Å². The van der Waals surface area contributed by atoms with Gasteiger partial charge in [0.25, 0.3) is 5.56 Å². The molecular weight excluding hydrogens is 220 g/mol. The molecule has 2 rings (SSSR count). The van der Waals surface area contributed by atoms with E-state index in [1.54, 1.807) is 0 Å². The van der Waals surface area contributed by atoms with Crippen molar-refractivity contribution in [1.82, 2.24) is 10.2 Å². The monoisotopic (exact) mass is 230 g/mol. The minimum absolute atomic E-state index is 0.310. The Labute approximate surface area is 96.7 Å². The Morgan fingerprint density at radius 2 is 1.94 bits per heavy atom. The van der Waals surface area contributed by atoms with Crippen LogP contribution < -0.4 is 5.56 Å². The van der Waals surface area contributed by atoms with E-state index in [2.05, 4.69) is 10.2 Å². The van der Waals surface area contributed by atoms with E-state index in [1.165, 1.54) is 6.07 Å². The molecule has 0 spiro atoms. The predicted octanol–water partition coefficient (Wildman–Crippen LogP) is 1.44. The Morgan fingerprint density at radius 1 is 1.29 bits per heavy atom. The topological polar surface area (TPSA) is 83.0 Å². The number of aromatic nitrogens is 2. The molecule has 2 aromatic rings. The van der Waals surface area contributed by atoms with Crippen molar-refractivity contribution in [3.05, 3.63) is 51.8 Å². The maximum Gasteiger partial charge on any atom is 0.341 e. The van der Waals surface area contributed by atoms with Crippen LogP contribution in [0.5, 0.6) is 0 Å². The molecule has 1 aromatic heterocycles. The Hall–Kier alpha value is -2.43. The van der Waals surface area contributed by atoms with Crippen LogP contribution >= 0.6 is 0 Å². The zero-order chi connectivity index (χ0) is 12.4. The van der Waals surface area contributed by atoms with Crippen LogP contribution in [0, 0.1) is 6.92 Å². The van der Waals surface area contributed by atoms with Gasteiger partial charge in [-0.15, -0.1) is 0 Å². The zero-order valence-corrected chi connectivity index (χ0v) is 9.10. The summed E-state index contributed by atoms with van der Waals surface area (Å²) < 4.78 is 0. The molecule has 0 aliphatic carbocycles. The number of aryl methyl sites for hydroxylation is 1. The molecule has 0 bridgehead atoms. The van der Waals surface area contributed by atoms with Gasteiger partial charge in [-0.1, -0.05) is 29.8 Å². The molecule has 0 radical (unpaired) electrons. The largest absolute Gasteiger partial charge is 0.477 e. The number of nitrogens with one attached hydrogen (secondary N) is 1. The van der Waals surface area contributed by atoms with E-state index in [9.17, 15) is 9.59 Å². The minimum atomic E-state index is -1.26. The Morgan fingerprint density at radius 3 is 2.53 bits per heavy atom. The van der Waals surface area contributed by atoms with E-state index >= 15 is 0 Å². The molecule has 1 aromatic carbocycles. The molecule has 0 saturated carbocycles. The second kappa shape index (κ2) is 4.21. The molecule has 0 atom stereocenters. The number of carboxylic acids is 1. The normalized spacial score (nSPS) is 10.2. The van der Waals surface area contributed by atoms with Crippen molar-refractivity contribution in [2.45, 2.75) is 6.92 Å². The van der Waals surface area contributed by atoms with Crippen LogP contribution in [0.1, 0.15) is 15.9 Å². The third-order valence-corrected chi connectivity index (χ3v) is 2.38. The molecule has 0 aliphatic heterocycles. The summed E-state index contributed by atoms with van der Waals surface area (Å²) in [5.74, 6) is -1.26. The predicted molar refractivity (Wildman–Crippen MR) is 62.0 cm³/mol. The van der Waals surface area contributed by atoms with E-state index in [4.69, 9.17) is 5.11 Å². The van der Waals surface area contributed by atoms with E-state index in [1.807, 2.05) is 31.2 Å². The second-order valence-electron chi connectivity index (χ2n) is 3.67. The summed E-state index contributed by atoms with van der Waals surface area (Å²) in [5, 5.41) is 14.8. The summed E-state index contributed by atoms with van der Waals surface area (Å²) >= 11 is 0. The van der Waals surface area contributed by atoms with Gasteiger partial charge < -0.3 is 5.11 Å². The molecule has 1 heterocycles. The van der Waals surface area contributed by atoms with Gasteiger partial charge in [-0.2, -0.15) is 5.10 Å². The number of hydrogen-bond donors (Lipinski definition) is 2. The molecule has 17 heavy (non-hydrogen) atoms. The van der Waals surface area contributed by atoms with Crippen molar-refractivity contribution < 1.29 is 9.90 Å². The van der Waals surface area contributed by atoms with Crippen LogP contribution in [0.15, 0.2) is 35.1 Å². The molecule has 0 fully saturated rings. The summed E-state index contributed by atoms with van der Waals surface area (Å²) in [4.78, 5) is 22.0. The molecule has 0 amide bonds. The van der Waals surface area contributed by atoms with Gasteiger partial charge in [0, 0.05) is 5.56 Å². The van der Waals surface area contributed by atoms with Crippen LogP contribution in [0.25, 0.3) is 11.3 Å². The fraction of sp³-hybridized carbons (Fsp3) is 0.0833. The van der Waals surface area contributed by atoms with Gasteiger partial charge >= 0.3 is 5.97 Å². The van der Waals surface area contributed by atoms with Crippen LogP contribution in [0.2, 0.25) is 0 Å². The maximum atomic E-state index is 11.2. The average molecular weight is 230 g/mol. The van der Waals surface area contributed by atoms with Crippen molar-refractivity contribution in [3.63, 3.8) is 0 Å². The van der Waals surface area contributed by atoms with E-state index in [0.717, 1.165) is 11.1 Å². The summed E-state index contributed by atoms with van der Waals surface area (Å²) in [6.45, 7) is 1.95. The van der Waals surface area contributed by atoms with Gasteiger partial charge in [-0.05, 0) is 13.0 Å².